The Balaban J connectivity index is 2.59. The highest BCUT2D eigenvalue weighted by Gasteiger charge is 2.33. The van der Waals surface area contributed by atoms with Gasteiger partial charge in [-0.05, 0) is 38.2 Å². The van der Waals surface area contributed by atoms with E-state index in [0.29, 0.717) is 5.57 Å². The molecule has 11 heteroatoms. The van der Waals surface area contributed by atoms with Crippen LogP contribution in [0.2, 0.25) is 0 Å². The topological polar surface area (TPSA) is 174 Å². The highest BCUT2D eigenvalue weighted by molar-refractivity contribution is 6.48. The van der Waals surface area contributed by atoms with Crippen LogP contribution >= 0.6 is 0 Å². The zero-order valence-electron chi connectivity index (χ0n) is 23.1. The zero-order chi connectivity index (χ0) is 29.4. The number of carbonyl (C=O) groups is 4. The highest BCUT2D eigenvalue weighted by atomic mass is 16.6. The predicted octanol–water partition coefficient (Wildman–Crippen LogP) is 2.32. The van der Waals surface area contributed by atoms with Crippen LogP contribution < -0.4 is 11.1 Å². The van der Waals surface area contributed by atoms with Crippen LogP contribution in [0.15, 0.2) is 58.6 Å². The number of ketones is 2. The summed E-state index contributed by atoms with van der Waals surface area (Å²) in [4.78, 5) is 49.4. The van der Waals surface area contributed by atoms with Gasteiger partial charge in [0, 0.05) is 37.4 Å². The molecule has 0 aromatic carbocycles. The molecule has 2 amide bonds. The molecule has 0 fully saturated rings. The first kappa shape index (κ1) is 31.7. The molecule has 2 bridgehead atoms. The molecule has 1 aliphatic carbocycles. The molecule has 0 aromatic heterocycles. The summed E-state index contributed by atoms with van der Waals surface area (Å²) in [6.45, 7) is 6.79. The van der Waals surface area contributed by atoms with Gasteiger partial charge in [-0.2, -0.15) is 0 Å². The van der Waals surface area contributed by atoms with E-state index in [9.17, 15) is 29.4 Å². The monoisotopic (exact) mass is 546 g/mol. The van der Waals surface area contributed by atoms with Crippen LogP contribution in [-0.4, -0.2) is 72.4 Å². The Hall–Kier alpha value is -3.54. The van der Waals surface area contributed by atoms with Crippen LogP contribution in [0.25, 0.3) is 0 Å². The fraction of sp³-hybridized carbons (Fsp3) is 0.500. The third kappa shape index (κ3) is 8.22. The van der Waals surface area contributed by atoms with Crippen molar-refractivity contribution in [3.63, 3.8) is 0 Å². The van der Waals surface area contributed by atoms with Crippen molar-refractivity contribution in [3.05, 3.63) is 58.6 Å². The Labute approximate surface area is 228 Å². The summed E-state index contributed by atoms with van der Waals surface area (Å²) in [7, 11) is 2.86. The lowest BCUT2D eigenvalue weighted by molar-refractivity contribution is -0.132. The summed E-state index contributed by atoms with van der Waals surface area (Å²) < 4.78 is 16.4. The maximum atomic E-state index is 12.8. The number of nitrogens with two attached hydrogens (primary N) is 1. The van der Waals surface area contributed by atoms with Crippen molar-refractivity contribution in [2.75, 3.05) is 14.2 Å². The van der Waals surface area contributed by atoms with E-state index in [1.165, 1.54) is 33.3 Å². The maximum absolute atomic E-state index is 12.8. The van der Waals surface area contributed by atoms with Crippen LogP contribution in [0.5, 0.6) is 0 Å². The zero-order valence-corrected chi connectivity index (χ0v) is 23.1. The van der Waals surface area contributed by atoms with Gasteiger partial charge in [0.15, 0.2) is 6.10 Å². The standard InChI is InChI=1S/C28H38N2O9/c1-14-10-18-24(33)19(13-20(31)25(18)34)30-27(35)15(2)8-7-9-21(37-5)26(39-28(29)36)17(4)12-16(3)23(32)22(11-14)38-6/h7-9,12-14,16,21-23,26,32-33H,10-11H2,1-6H3,(H2,29,36)(H,30,35)/b9-7-,15-8+,17-12+/t14-,16+,21?,22+,23-,26+/m1/s1. The molecule has 0 saturated heterocycles. The van der Waals surface area contributed by atoms with Gasteiger partial charge in [-0.25, -0.2) is 4.79 Å². The average molecular weight is 547 g/mol. The van der Waals surface area contributed by atoms with Crippen LogP contribution in [0.3, 0.4) is 0 Å². The SMILES string of the molecule is COC1/C=C\C=C(/C)C(=O)NC2=CC(=O)C(=O)C(=C2O)C[C@@H](C)C[C@H](OC)[C@H](O)[C@@H](C)/C=C(\C)[C@@H]1OC(N)=O. The van der Waals surface area contributed by atoms with Gasteiger partial charge in [-0.3, -0.25) is 14.4 Å². The molecule has 0 aromatic rings. The maximum Gasteiger partial charge on any atom is 0.405 e. The summed E-state index contributed by atoms with van der Waals surface area (Å²) in [5.41, 5.74) is 5.79. The molecule has 39 heavy (non-hydrogen) atoms. The number of carbonyl (C=O) groups excluding carboxylic acids is 4. The molecule has 1 unspecified atom stereocenters. The second kappa shape index (κ2) is 14.0. The van der Waals surface area contributed by atoms with Crippen LogP contribution in [0, 0.1) is 11.8 Å². The number of allylic oxidation sites excluding steroid dienone is 4. The summed E-state index contributed by atoms with van der Waals surface area (Å²) >= 11 is 0. The molecule has 214 valence electrons. The molecule has 6 atom stereocenters. The van der Waals surface area contributed by atoms with E-state index in [2.05, 4.69) is 5.32 Å². The molecular weight excluding hydrogens is 508 g/mol. The van der Waals surface area contributed by atoms with E-state index in [-0.39, 0.29) is 35.6 Å². The molecule has 2 rings (SSSR count). The Morgan fingerprint density at radius 1 is 1.13 bits per heavy atom. The first-order chi connectivity index (χ1) is 18.3. The van der Waals surface area contributed by atoms with E-state index in [4.69, 9.17) is 19.9 Å². The number of amides is 2. The largest absolute Gasteiger partial charge is 0.505 e. The van der Waals surface area contributed by atoms with Crippen molar-refractivity contribution < 1.29 is 43.6 Å². The third-order valence-corrected chi connectivity index (χ3v) is 6.77. The molecule has 1 aliphatic heterocycles. The molecule has 0 radical (unpaired) electrons. The number of Topliss-reactive ketones (excluding diaryl/α,β-unsaturated/α-hetero) is 1. The van der Waals surface area contributed by atoms with Crippen molar-refractivity contribution in [2.45, 2.75) is 65.0 Å². The minimum absolute atomic E-state index is 0.0149. The average Bonchev–Trinajstić information content (AvgIpc) is 2.88. The van der Waals surface area contributed by atoms with Gasteiger partial charge in [0.05, 0.1) is 17.9 Å². The van der Waals surface area contributed by atoms with Gasteiger partial charge in [0.25, 0.3) is 5.91 Å². The third-order valence-electron chi connectivity index (χ3n) is 6.77. The molecule has 0 spiro atoms. The van der Waals surface area contributed by atoms with Gasteiger partial charge in [-0.1, -0.05) is 38.2 Å². The smallest absolute Gasteiger partial charge is 0.405 e. The fourth-order valence-electron chi connectivity index (χ4n) is 4.57. The lowest BCUT2D eigenvalue weighted by Crippen LogP contribution is -2.37. The van der Waals surface area contributed by atoms with E-state index in [1.54, 1.807) is 32.9 Å². The second-order valence-corrected chi connectivity index (χ2v) is 9.90. The van der Waals surface area contributed by atoms with Gasteiger partial charge >= 0.3 is 6.09 Å². The fourth-order valence-corrected chi connectivity index (χ4v) is 4.57. The minimum atomic E-state index is -1.01. The number of ether oxygens (including phenoxy) is 3. The van der Waals surface area contributed by atoms with E-state index in [1.807, 2.05) is 0 Å². The number of fused-ring (bicyclic) bond motifs is 1. The quantitative estimate of drug-likeness (QED) is 0.235. The highest BCUT2D eigenvalue weighted by Crippen LogP contribution is 2.29. The van der Waals surface area contributed by atoms with Gasteiger partial charge < -0.3 is 35.5 Å². The Bertz CT molecular complexity index is 1130. The summed E-state index contributed by atoms with van der Waals surface area (Å²) in [5, 5.41) is 24.3. The minimum Gasteiger partial charge on any atom is -0.505 e. The first-order valence-corrected chi connectivity index (χ1v) is 12.6. The van der Waals surface area contributed by atoms with Crippen molar-refractivity contribution in [3.8, 4) is 0 Å². The molecule has 2 aliphatic rings. The Kier molecular flexibility index (Phi) is 11.4. The molecule has 0 saturated carbocycles. The second-order valence-electron chi connectivity index (χ2n) is 9.90. The molecule has 5 N–H and O–H groups in total. The van der Waals surface area contributed by atoms with E-state index in [0.717, 1.165) is 6.08 Å². The number of aliphatic hydroxyl groups is 2. The number of aliphatic hydroxyl groups excluding tert-OH is 2. The number of hydrogen-bond donors (Lipinski definition) is 4. The van der Waals surface area contributed by atoms with Gasteiger partial charge in [0.1, 0.15) is 11.9 Å². The van der Waals surface area contributed by atoms with Crippen molar-refractivity contribution >= 4 is 23.6 Å². The lowest BCUT2D eigenvalue weighted by atomic mass is 9.85. The summed E-state index contributed by atoms with van der Waals surface area (Å²) in [6, 6.07) is 0. The van der Waals surface area contributed by atoms with Gasteiger partial charge in [-0.15, -0.1) is 0 Å². The number of nitrogens with one attached hydrogen (secondary N) is 1. The molecule has 1 heterocycles. The van der Waals surface area contributed by atoms with Crippen LogP contribution in [-0.2, 0) is 28.6 Å². The Morgan fingerprint density at radius 2 is 1.79 bits per heavy atom. The number of hydrogen-bond acceptors (Lipinski definition) is 9. The summed E-state index contributed by atoms with van der Waals surface area (Å²) in [6.07, 6.45) is 3.07. The van der Waals surface area contributed by atoms with Crippen LogP contribution in [0.4, 0.5) is 4.79 Å². The normalized spacial score (nSPS) is 33.3. The number of rotatable bonds is 3. The number of methoxy groups -OCH3 is 2. The molecular formula is C28H38N2O9. The first-order valence-electron chi connectivity index (χ1n) is 12.6. The molecule has 11 nitrogen and oxygen atoms in total. The van der Waals surface area contributed by atoms with Crippen molar-refractivity contribution in [1.29, 1.82) is 0 Å². The summed E-state index contributed by atoms with van der Waals surface area (Å²) in [5.74, 6) is -3.58. The Morgan fingerprint density at radius 3 is 2.38 bits per heavy atom. The van der Waals surface area contributed by atoms with E-state index < -0.39 is 59.7 Å². The predicted molar refractivity (Wildman–Crippen MR) is 142 cm³/mol. The van der Waals surface area contributed by atoms with Crippen molar-refractivity contribution in [2.24, 2.45) is 17.6 Å². The number of primary amides is 1. The van der Waals surface area contributed by atoms with E-state index >= 15 is 0 Å². The van der Waals surface area contributed by atoms with Crippen LogP contribution in [0.1, 0.15) is 40.5 Å². The lowest BCUT2D eigenvalue weighted by Gasteiger charge is -2.29. The van der Waals surface area contributed by atoms with Crippen molar-refractivity contribution in [1.82, 2.24) is 5.32 Å². The van der Waals surface area contributed by atoms with Gasteiger partial charge in [0.2, 0.25) is 11.6 Å².